The molecule has 2 rings (SSSR count). The number of aryl methyl sites for hydroxylation is 3. The molecule has 0 fully saturated rings. The molecule has 0 aliphatic rings. The van der Waals surface area contributed by atoms with Crippen LogP contribution in [0.5, 0.6) is 0 Å². The lowest BCUT2D eigenvalue weighted by Gasteiger charge is -2.17. The van der Waals surface area contributed by atoms with Crippen molar-refractivity contribution in [1.82, 2.24) is 9.78 Å². The lowest BCUT2D eigenvalue weighted by Crippen LogP contribution is -2.10. The lowest BCUT2D eigenvalue weighted by molar-refractivity contribution is 0.715. The lowest BCUT2D eigenvalue weighted by atomic mass is 10.0. The molecular formula is C15H21N3. The van der Waals surface area contributed by atoms with Crippen molar-refractivity contribution < 1.29 is 0 Å². The van der Waals surface area contributed by atoms with Crippen LogP contribution in [0.2, 0.25) is 0 Å². The van der Waals surface area contributed by atoms with Crippen LogP contribution >= 0.6 is 0 Å². The van der Waals surface area contributed by atoms with Gasteiger partial charge in [0.15, 0.2) is 0 Å². The molecule has 1 aromatic heterocycles. The van der Waals surface area contributed by atoms with Crippen LogP contribution in [0.25, 0.3) is 0 Å². The van der Waals surface area contributed by atoms with Crippen LogP contribution < -0.4 is 5.32 Å². The van der Waals surface area contributed by atoms with E-state index in [1.54, 1.807) is 0 Å². The smallest absolute Gasteiger partial charge is 0.148 e. The Kier molecular flexibility index (Phi) is 3.70. The summed E-state index contributed by atoms with van der Waals surface area (Å²) in [5.41, 5.74) is 3.77. The molecular weight excluding hydrogens is 222 g/mol. The zero-order chi connectivity index (χ0) is 13.1. The second kappa shape index (κ2) is 5.25. The molecule has 96 valence electrons. The van der Waals surface area contributed by atoms with E-state index in [-0.39, 0.29) is 0 Å². The van der Waals surface area contributed by atoms with Gasteiger partial charge in [0.2, 0.25) is 0 Å². The van der Waals surface area contributed by atoms with Crippen molar-refractivity contribution in [1.29, 1.82) is 0 Å². The summed E-state index contributed by atoms with van der Waals surface area (Å²) in [6.07, 6.45) is 1.04. The Morgan fingerprint density at radius 1 is 1.22 bits per heavy atom. The summed E-state index contributed by atoms with van der Waals surface area (Å²) in [5.74, 6) is 0.947. The van der Waals surface area contributed by atoms with E-state index in [4.69, 9.17) is 0 Å². The highest BCUT2D eigenvalue weighted by molar-refractivity contribution is 5.39. The van der Waals surface area contributed by atoms with Crippen LogP contribution in [0.4, 0.5) is 5.82 Å². The average Bonchev–Trinajstić information content (AvgIpc) is 2.67. The van der Waals surface area contributed by atoms with Crippen LogP contribution in [-0.2, 0) is 7.05 Å². The van der Waals surface area contributed by atoms with Crippen LogP contribution in [0, 0.1) is 13.8 Å². The fourth-order valence-electron chi connectivity index (χ4n) is 2.03. The minimum Gasteiger partial charge on any atom is -0.362 e. The van der Waals surface area contributed by atoms with Crippen molar-refractivity contribution in [2.45, 2.75) is 33.2 Å². The third-order valence-electron chi connectivity index (χ3n) is 3.32. The Hall–Kier alpha value is -1.77. The number of benzene rings is 1. The van der Waals surface area contributed by atoms with Gasteiger partial charge in [0, 0.05) is 18.8 Å². The van der Waals surface area contributed by atoms with Crippen molar-refractivity contribution >= 4 is 5.82 Å². The highest BCUT2D eigenvalue weighted by Gasteiger charge is 2.10. The molecule has 0 aliphatic carbocycles. The summed E-state index contributed by atoms with van der Waals surface area (Å²) >= 11 is 0. The fraction of sp³-hybridized carbons (Fsp3) is 0.400. The van der Waals surface area contributed by atoms with Gasteiger partial charge in [-0.25, -0.2) is 0 Å². The first-order valence-corrected chi connectivity index (χ1v) is 6.44. The summed E-state index contributed by atoms with van der Waals surface area (Å²) in [7, 11) is 1.97. The maximum absolute atomic E-state index is 4.45. The van der Waals surface area contributed by atoms with Gasteiger partial charge in [-0.05, 0) is 25.8 Å². The first-order valence-electron chi connectivity index (χ1n) is 6.44. The van der Waals surface area contributed by atoms with E-state index >= 15 is 0 Å². The molecule has 1 heterocycles. The van der Waals surface area contributed by atoms with Crippen molar-refractivity contribution in [2.75, 3.05) is 5.32 Å². The largest absolute Gasteiger partial charge is 0.362 e. The normalized spacial score (nSPS) is 12.4. The van der Waals surface area contributed by atoms with Gasteiger partial charge >= 0.3 is 0 Å². The van der Waals surface area contributed by atoms with E-state index in [0.717, 1.165) is 17.9 Å². The van der Waals surface area contributed by atoms with Crippen molar-refractivity contribution in [2.24, 2.45) is 7.05 Å². The minimum atomic E-state index is 0.319. The number of hydrogen-bond donors (Lipinski definition) is 1. The van der Waals surface area contributed by atoms with E-state index in [0.29, 0.717) is 6.04 Å². The summed E-state index contributed by atoms with van der Waals surface area (Å²) in [5, 5.41) is 7.94. The second-order valence-electron chi connectivity index (χ2n) is 4.81. The van der Waals surface area contributed by atoms with Gasteiger partial charge in [0.1, 0.15) is 5.82 Å². The zero-order valence-corrected chi connectivity index (χ0v) is 11.6. The Morgan fingerprint density at radius 2 is 1.89 bits per heavy atom. The number of rotatable bonds is 4. The summed E-state index contributed by atoms with van der Waals surface area (Å²) in [6, 6.07) is 11.1. The molecule has 3 nitrogen and oxygen atoms in total. The number of nitrogens with one attached hydrogen (secondary N) is 1. The predicted octanol–water partition coefficient (Wildman–Crippen LogP) is 3.60. The summed E-state index contributed by atoms with van der Waals surface area (Å²) < 4.78 is 1.89. The molecule has 0 amide bonds. The number of nitrogens with zero attached hydrogens (tertiary/aromatic N) is 2. The Morgan fingerprint density at radius 3 is 2.39 bits per heavy atom. The van der Waals surface area contributed by atoms with E-state index < -0.39 is 0 Å². The Labute approximate surface area is 109 Å². The molecule has 1 N–H and O–H groups in total. The van der Waals surface area contributed by atoms with Crippen LogP contribution in [0.3, 0.4) is 0 Å². The minimum absolute atomic E-state index is 0.319. The molecule has 2 aromatic rings. The monoisotopic (exact) mass is 243 g/mol. The van der Waals surface area contributed by atoms with E-state index in [1.807, 2.05) is 11.7 Å². The quantitative estimate of drug-likeness (QED) is 0.889. The maximum atomic E-state index is 4.45. The van der Waals surface area contributed by atoms with Gasteiger partial charge in [0.05, 0.1) is 6.04 Å². The maximum Gasteiger partial charge on any atom is 0.148 e. The molecule has 0 saturated carbocycles. The standard InChI is InChI=1S/C15H21N3/c1-5-14(13-8-6-11(2)7-9-13)16-15-10-12(3)18(4)17-15/h6-10,14H,5H2,1-4H3,(H,16,17). The number of aromatic nitrogens is 2. The highest BCUT2D eigenvalue weighted by atomic mass is 15.3. The van der Waals surface area contributed by atoms with Gasteiger partial charge in [-0.2, -0.15) is 5.10 Å². The molecule has 0 saturated heterocycles. The van der Waals surface area contributed by atoms with Crippen LogP contribution in [-0.4, -0.2) is 9.78 Å². The molecule has 0 aliphatic heterocycles. The summed E-state index contributed by atoms with van der Waals surface area (Å²) in [6.45, 7) is 6.36. The third kappa shape index (κ3) is 2.73. The van der Waals surface area contributed by atoms with Gasteiger partial charge < -0.3 is 5.32 Å². The molecule has 0 spiro atoms. The van der Waals surface area contributed by atoms with Crippen LogP contribution in [0.15, 0.2) is 30.3 Å². The van der Waals surface area contributed by atoms with Crippen molar-refractivity contribution in [3.05, 3.63) is 47.2 Å². The second-order valence-corrected chi connectivity index (χ2v) is 4.81. The van der Waals surface area contributed by atoms with Gasteiger partial charge in [0.25, 0.3) is 0 Å². The molecule has 0 bridgehead atoms. The zero-order valence-electron chi connectivity index (χ0n) is 11.6. The molecule has 0 radical (unpaired) electrons. The van der Waals surface area contributed by atoms with Gasteiger partial charge in [-0.15, -0.1) is 0 Å². The SMILES string of the molecule is CCC(Nc1cc(C)n(C)n1)c1ccc(C)cc1. The molecule has 1 unspecified atom stereocenters. The number of anilines is 1. The van der Waals surface area contributed by atoms with E-state index in [1.165, 1.54) is 11.1 Å². The van der Waals surface area contributed by atoms with Crippen molar-refractivity contribution in [3.8, 4) is 0 Å². The van der Waals surface area contributed by atoms with Gasteiger partial charge in [-0.1, -0.05) is 36.8 Å². The fourth-order valence-corrected chi connectivity index (χ4v) is 2.03. The first-order chi connectivity index (χ1) is 8.60. The molecule has 18 heavy (non-hydrogen) atoms. The summed E-state index contributed by atoms with van der Waals surface area (Å²) in [4.78, 5) is 0. The topological polar surface area (TPSA) is 29.9 Å². The molecule has 3 heteroatoms. The molecule has 1 atom stereocenters. The van der Waals surface area contributed by atoms with E-state index in [9.17, 15) is 0 Å². The van der Waals surface area contributed by atoms with E-state index in [2.05, 4.69) is 61.5 Å². The first kappa shape index (κ1) is 12.7. The Balaban J connectivity index is 2.16. The van der Waals surface area contributed by atoms with Crippen LogP contribution in [0.1, 0.15) is 36.2 Å². The van der Waals surface area contributed by atoms with Gasteiger partial charge in [-0.3, -0.25) is 4.68 Å². The Bertz CT molecular complexity index is 492. The molecule has 1 aromatic carbocycles. The average molecular weight is 243 g/mol. The third-order valence-corrected chi connectivity index (χ3v) is 3.32. The number of hydrogen-bond acceptors (Lipinski definition) is 2. The predicted molar refractivity (Wildman–Crippen MR) is 75.8 cm³/mol. The van der Waals surface area contributed by atoms with Crippen molar-refractivity contribution in [3.63, 3.8) is 0 Å². The highest BCUT2D eigenvalue weighted by Crippen LogP contribution is 2.22.